The van der Waals surface area contributed by atoms with Crippen LogP contribution in [0, 0.1) is 23.5 Å². The van der Waals surface area contributed by atoms with Crippen LogP contribution in [0.15, 0.2) is 128 Å². The lowest BCUT2D eigenvalue weighted by molar-refractivity contribution is -0.130. The zero-order chi connectivity index (χ0) is 49.0. The molecule has 356 valence electrons. The van der Waals surface area contributed by atoms with Gasteiger partial charge in [0.05, 0.1) is 24.9 Å². The molecule has 0 radical (unpaired) electrons. The summed E-state index contributed by atoms with van der Waals surface area (Å²) in [6.07, 6.45) is 4.05. The second-order valence-corrected chi connectivity index (χ2v) is 17.9. The second-order valence-electron chi connectivity index (χ2n) is 17.9. The van der Waals surface area contributed by atoms with E-state index in [1.165, 1.54) is 42.9 Å². The first-order valence-corrected chi connectivity index (χ1v) is 22.5. The number of halogens is 6. The lowest BCUT2D eigenvalue weighted by Crippen LogP contribution is -2.52. The number of hydrogen-bond donors (Lipinski definition) is 2. The molecule has 2 aromatic heterocycles. The largest absolute Gasteiger partial charge is 0.332 e. The van der Waals surface area contributed by atoms with Crippen molar-refractivity contribution in [3.8, 4) is 22.3 Å². The van der Waals surface area contributed by atoms with E-state index < -0.39 is 84.9 Å². The van der Waals surface area contributed by atoms with Gasteiger partial charge < -0.3 is 20.4 Å². The minimum atomic E-state index is -3.40. The number of carbonyl (C=O) groups excluding carboxylic acids is 4. The zero-order valence-electron chi connectivity index (χ0n) is 37.7. The Bertz CT molecular complexity index is 2900. The molecule has 4 aromatic carbocycles. The highest BCUT2D eigenvalue weighted by atomic mass is 19.3. The van der Waals surface area contributed by atoms with Crippen LogP contribution in [0.3, 0.4) is 0 Å². The summed E-state index contributed by atoms with van der Waals surface area (Å²) in [4.78, 5) is 64.3. The van der Waals surface area contributed by atoms with Crippen LogP contribution in [0.4, 0.5) is 37.7 Å². The van der Waals surface area contributed by atoms with Crippen molar-refractivity contribution >= 4 is 35.0 Å². The predicted molar refractivity (Wildman–Crippen MR) is 249 cm³/mol. The predicted octanol–water partition coefficient (Wildman–Crippen LogP) is 10.5. The molecule has 0 aliphatic carbocycles. The maximum absolute atomic E-state index is 15.2. The number of hydrogen-bond acceptors (Lipinski definition) is 6. The minimum absolute atomic E-state index is 0.134. The molecule has 6 aromatic rings. The number of likely N-dealkylation sites (tertiary alicyclic amines) is 2. The number of nitrogens with zero attached hydrogens (tertiary/aromatic N) is 4. The Hall–Kier alpha value is -7.36. The van der Waals surface area contributed by atoms with Gasteiger partial charge in [0.1, 0.15) is 11.6 Å². The van der Waals surface area contributed by atoms with E-state index >= 15 is 22.0 Å². The molecule has 3 atom stereocenters. The van der Waals surface area contributed by atoms with Gasteiger partial charge in [-0.2, -0.15) is 0 Å². The normalized spacial score (nSPS) is 18.0. The molecule has 4 heterocycles. The van der Waals surface area contributed by atoms with E-state index in [2.05, 4.69) is 20.6 Å². The summed E-state index contributed by atoms with van der Waals surface area (Å²) in [6.45, 7) is 1.39. The molecule has 16 heteroatoms. The molecule has 2 aliphatic rings. The quantitative estimate of drug-likeness (QED) is 0.118. The minimum Gasteiger partial charge on any atom is -0.332 e. The van der Waals surface area contributed by atoms with Gasteiger partial charge in [0.25, 0.3) is 23.7 Å². The number of piperidine rings is 2. The first-order chi connectivity index (χ1) is 32.9. The number of nitrogens with one attached hydrogen (secondary N) is 2. The highest BCUT2D eigenvalue weighted by molar-refractivity contribution is 5.98. The third kappa shape index (κ3) is 11.9. The number of benzene rings is 4. The van der Waals surface area contributed by atoms with Crippen LogP contribution in [-0.2, 0) is 22.4 Å². The fourth-order valence-electron chi connectivity index (χ4n) is 9.01. The third-order valence-electron chi connectivity index (χ3n) is 12.4. The Labute approximate surface area is 394 Å². The monoisotopic (exact) mass is 946 g/mol. The van der Waals surface area contributed by atoms with Crippen molar-refractivity contribution in [1.82, 2.24) is 19.8 Å². The second kappa shape index (κ2) is 20.1. The van der Waals surface area contributed by atoms with Crippen LogP contribution in [0.2, 0.25) is 0 Å². The van der Waals surface area contributed by atoms with Gasteiger partial charge in [-0.05, 0) is 137 Å². The molecule has 8 rings (SSSR count). The van der Waals surface area contributed by atoms with Crippen molar-refractivity contribution in [3.05, 3.63) is 167 Å². The van der Waals surface area contributed by atoms with Gasteiger partial charge in [0, 0.05) is 72.7 Å². The summed E-state index contributed by atoms with van der Waals surface area (Å²) in [6, 6.07) is 27.7. The Morgan fingerprint density at radius 3 is 1.72 bits per heavy atom. The van der Waals surface area contributed by atoms with Crippen molar-refractivity contribution in [1.29, 1.82) is 0 Å². The average Bonchev–Trinajstić information content (AvgIpc) is 3.32. The first-order valence-electron chi connectivity index (χ1n) is 22.5. The molecule has 2 N–H and O–H groups in total. The smallest absolute Gasteiger partial charge is 0.266 e. The molecule has 0 bridgehead atoms. The van der Waals surface area contributed by atoms with Gasteiger partial charge in [0.2, 0.25) is 11.8 Å². The number of rotatable bonds is 12. The number of alkyl halides is 4. The molecule has 4 amide bonds. The summed E-state index contributed by atoms with van der Waals surface area (Å²) >= 11 is 0. The lowest BCUT2D eigenvalue weighted by atomic mass is 9.92. The topological polar surface area (TPSA) is 125 Å². The SMILES string of the molecule is CCc1cccc(NC(=O)C2CN(C(=O)c3cc(F)cc(-c4ccnc(CC(C)c5cccc(NC(=O)C6CN(C(=O)c7cc(F)cc(-c8ccncc8)c7)CC(F)(F)C6)c5)c4)c3)CC(F)(F)C2)c1. The number of aromatic nitrogens is 2. The molecule has 2 saturated heterocycles. The van der Waals surface area contributed by atoms with Crippen LogP contribution in [0.1, 0.15) is 70.1 Å². The first kappa shape index (κ1) is 48.1. The fraction of sp³-hybridized carbons (Fsp3) is 0.283. The summed E-state index contributed by atoms with van der Waals surface area (Å²) in [5.74, 6) is -14.0. The highest BCUT2D eigenvalue weighted by Gasteiger charge is 2.46. The molecule has 0 spiro atoms. The number of anilines is 2. The van der Waals surface area contributed by atoms with Crippen molar-refractivity contribution in [2.45, 2.75) is 57.3 Å². The summed E-state index contributed by atoms with van der Waals surface area (Å²) in [7, 11) is 0. The fourth-order valence-corrected chi connectivity index (χ4v) is 9.01. The number of amides is 4. The number of pyridine rings is 2. The maximum Gasteiger partial charge on any atom is 0.266 e. The standard InChI is InChI=1S/C53H48F6N6O4/c1-3-33-6-4-8-45(17-33)62-48(66)41-26-52(56,57)31-65(28-41)51(69)40-19-38(21-44(55)23-40)36-12-15-61-47(25-36)16-32(2)35-7-5-9-46(24-35)63-49(67)42-27-53(58,59)30-64(29-42)50(68)39-18-37(20-43(54)22-39)34-10-13-60-14-11-34/h4-15,17-25,32,41-42H,3,16,26-31H2,1-2H3,(H,62,66)(H,63,67). The van der Waals surface area contributed by atoms with Gasteiger partial charge in [-0.3, -0.25) is 29.1 Å². The van der Waals surface area contributed by atoms with Crippen LogP contribution in [-0.4, -0.2) is 81.4 Å². The van der Waals surface area contributed by atoms with E-state index in [4.69, 9.17) is 0 Å². The van der Waals surface area contributed by atoms with Gasteiger partial charge in [-0.15, -0.1) is 0 Å². The highest BCUT2D eigenvalue weighted by Crippen LogP contribution is 2.35. The Kier molecular flexibility index (Phi) is 14.0. The number of carbonyl (C=O) groups is 4. The van der Waals surface area contributed by atoms with Gasteiger partial charge >= 0.3 is 0 Å². The van der Waals surface area contributed by atoms with Crippen LogP contribution >= 0.6 is 0 Å². The van der Waals surface area contributed by atoms with E-state index in [0.717, 1.165) is 33.1 Å². The third-order valence-corrected chi connectivity index (χ3v) is 12.4. The zero-order valence-corrected chi connectivity index (χ0v) is 37.7. The molecular weight excluding hydrogens is 899 g/mol. The molecular formula is C53H48F6N6O4. The van der Waals surface area contributed by atoms with E-state index in [1.54, 1.807) is 60.7 Å². The van der Waals surface area contributed by atoms with Crippen LogP contribution in [0.5, 0.6) is 0 Å². The van der Waals surface area contributed by atoms with Gasteiger partial charge in [-0.25, -0.2) is 26.3 Å². The molecule has 2 aliphatic heterocycles. The van der Waals surface area contributed by atoms with Crippen molar-refractivity contribution in [2.75, 3.05) is 36.8 Å². The van der Waals surface area contributed by atoms with Crippen molar-refractivity contribution in [2.24, 2.45) is 11.8 Å². The molecule has 2 fully saturated rings. The van der Waals surface area contributed by atoms with Crippen LogP contribution in [0.25, 0.3) is 22.3 Å². The molecule has 10 nitrogen and oxygen atoms in total. The van der Waals surface area contributed by atoms with Crippen molar-refractivity contribution in [3.63, 3.8) is 0 Å². The summed E-state index contributed by atoms with van der Waals surface area (Å²) in [5.41, 5.74) is 4.54. The Morgan fingerprint density at radius 2 is 1.16 bits per heavy atom. The molecule has 3 unspecified atom stereocenters. The van der Waals surface area contributed by atoms with Crippen molar-refractivity contribution < 1.29 is 45.5 Å². The molecule has 69 heavy (non-hydrogen) atoms. The Morgan fingerprint density at radius 1 is 0.638 bits per heavy atom. The van der Waals surface area contributed by atoms with E-state index in [9.17, 15) is 23.6 Å². The maximum atomic E-state index is 15.2. The number of aryl methyl sites for hydroxylation is 1. The van der Waals surface area contributed by atoms with E-state index in [-0.39, 0.29) is 30.1 Å². The lowest BCUT2D eigenvalue weighted by Gasteiger charge is -2.37. The summed E-state index contributed by atoms with van der Waals surface area (Å²) < 4.78 is 90.5. The van der Waals surface area contributed by atoms with Gasteiger partial charge in [0.15, 0.2) is 0 Å². The van der Waals surface area contributed by atoms with Crippen LogP contribution < -0.4 is 10.6 Å². The Balaban J connectivity index is 0.919. The average molecular weight is 947 g/mol. The van der Waals surface area contributed by atoms with Gasteiger partial charge in [-0.1, -0.05) is 38.1 Å². The van der Waals surface area contributed by atoms with E-state index in [1.807, 2.05) is 26.0 Å². The molecule has 0 saturated carbocycles. The van der Waals surface area contributed by atoms with E-state index in [0.29, 0.717) is 52.2 Å². The summed E-state index contributed by atoms with van der Waals surface area (Å²) in [5, 5.41) is 5.42.